The molecule has 2 N–H and O–H groups in total. The molecule has 1 amide bonds. The van der Waals surface area contributed by atoms with E-state index in [2.05, 4.69) is 22.5 Å². The zero-order valence-corrected chi connectivity index (χ0v) is 16.5. The molecule has 25 heavy (non-hydrogen) atoms. The van der Waals surface area contributed by atoms with Crippen LogP contribution in [-0.4, -0.2) is 22.4 Å². The Morgan fingerprint density at radius 1 is 1.36 bits per heavy atom. The molecule has 1 unspecified atom stereocenters. The van der Waals surface area contributed by atoms with Crippen LogP contribution in [0.15, 0.2) is 18.5 Å². The Hall–Kier alpha value is -1.83. The third-order valence-electron chi connectivity index (χ3n) is 3.95. The van der Waals surface area contributed by atoms with Gasteiger partial charge in [0, 0.05) is 29.6 Å². The maximum atomic E-state index is 11.6. The summed E-state index contributed by atoms with van der Waals surface area (Å²) in [5.41, 5.74) is 3.31. The van der Waals surface area contributed by atoms with Crippen LogP contribution < -0.4 is 10.6 Å². The number of hydrogen-bond acceptors (Lipinski definition) is 6. The van der Waals surface area contributed by atoms with E-state index in [9.17, 15) is 4.79 Å². The van der Waals surface area contributed by atoms with E-state index in [0.717, 1.165) is 38.8 Å². The number of nitrogens with zero attached hydrogens (tertiary/aromatic N) is 2. The molecule has 3 aromatic rings. The minimum Gasteiger partial charge on any atom is -0.317 e. The van der Waals surface area contributed by atoms with Crippen molar-refractivity contribution in [2.75, 3.05) is 11.9 Å². The van der Waals surface area contributed by atoms with Crippen molar-refractivity contribution in [1.82, 2.24) is 15.3 Å². The van der Waals surface area contributed by atoms with E-state index in [1.807, 2.05) is 19.9 Å². The highest BCUT2D eigenvalue weighted by Crippen LogP contribution is 2.46. The van der Waals surface area contributed by atoms with E-state index in [0.29, 0.717) is 6.04 Å². The Balaban J connectivity index is 0.000000880. The summed E-state index contributed by atoms with van der Waals surface area (Å²) in [6.07, 6.45) is 4.53. The molecule has 4 rings (SSSR count). The first-order chi connectivity index (χ1) is 12.1. The highest BCUT2D eigenvalue weighted by Gasteiger charge is 2.27. The third-order valence-corrected chi connectivity index (χ3v) is 6.33. The van der Waals surface area contributed by atoms with Crippen molar-refractivity contribution in [2.45, 2.75) is 40.2 Å². The summed E-state index contributed by atoms with van der Waals surface area (Å²) in [6, 6.07) is 2.29. The van der Waals surface area contributed by atoms with Crippen LogP contribution >= 0.6 is 22.7 Å². The quantitative estimate of drug-likeness (QED) is 0.687. The lowest BCUT2D eigenvalue weighted by molar-refractivity contribution is -0.114. The number of carbonyl (C=O) groups excluding carboxylic acids is 1. The average Bonchev–Trinajstić information content (AvgIpc) is 3.17. The minimum atomic E-state index is -0.0479. The summed E-state index contributed by atoms with van der Waals surface area (Å²) in [6.45, 7) is 8.66. The summed E-state index contributed by atoms with van der Waals surface area (Å²) in [4.78, 5) is 21.8. The van der Waals surface area contributed by atoms with E-state index < -0.39 is 0 Å². The van der Waals surface area contributed by atoms with Crippen molar-refractivity contribution >= 4 is 43.8 Å². The van der Waals surface area contributed by atoms with Crippen LogP contribution in [0.2, 0.25) is 0 Å². The molecule has 0 spiro atoms. The van der Waals surface area contributed by atoms with E-state index in [1.165, 1.54) is 10.4 Å². The number of nitrogens with one attached hydrogen (secondary N) is 2. The fourth-order valence-corrected chi connectivity index (χ4v) is 5.35. The number of hydrogen-bond donors (Lipinski definition) is 2. The second-order valence-corrected chi connectivity index (χ2v) is 7.70. The summed E-state index contributed by atoms with van der Waals surface area (Å²) in [5, 5.41) is 8.35. The first-order valence-electron chi connectivity index (χ1n) is 8.51. The van der Waals surface area contributed by atoms with Crippen LogP contribution in [0.5, 0.6) is 0 Å². The standard InChI is InChI=1S/C16H16N4OS2.C2H6/c1-8-14-10(3-6-18-8)13(15(23-14)19-9(2)21)16-20-11-7-17-5-4-12(11)22-16;1-2/h4-5,7-8,18H,3,6H2,1-2H3,(H,19,21);1-2H3. The SMILES string of the molecule is CC.CC(=O)Nc1sc2c(c1-c1nc3cnccc3s1)CCNC2C. The summed E-state index contributed by atoms with van der Waals surface area (Å²) < 4.78 is 1.12. The van der Waals surface area contributed by atoms with Gasteiger partial charge in [-0.05, 0) is 31.5 Å². The van der Waals surface area contributed by atoms with Gasteiger partial charge in [-0.3, -0.25) is 9.78 Å². The Bertz CT molecular complexity index is 867. The van der Waals surface area contributed by atoms with Crippen molar-refractivity contribution < 1.29 is 4.79 Å². The lowest BCUT2D eigenvalue weighted by Gasteiger charge is -2.20. The van der Waals surface area contributed by atoms with E-state index >= 15 is 0 Å². The summed E-state index contributed by atoms with van der Waals surface area (Å²) >= 11 is 3.31. The van der Waals surface area contributed by atoms with Gasteiger partial charge >= 0.3 is 0 Å². The number of carbonyl (C=O) groups is 1. The molecular weight excluding hydrogens is 352 g/mol. The van der Waals surface area contributed by atoms with Crippen LogP contribution in [0, 0.1) is 0 Å². The van der Waals surface area contributed by atoms with Crippen molar-refractivity contribution in [3.63, 3.8) is 0 Å². The van der Waals surface area contributed by atoms with Crippen LogP contribution in [0.3, 0.4) is 0 Å². The normalized spacial score (nSPS) is 16.1. The molecule has 1 atom stereocenters. The summed E-state index contributed by atoms with van der Waals surface area (Å²) in [5.74, 6) is -0.0479. The van der Waals surface area contributed by atoms with Crippen molar-refractivity contribution in [3.8, 4) is 10.6 Å². The molecule has 0 fully saturated rings. The molecule has 0 aromatic carbocycles. The number of anilines is 1. The molecule has 1 aliphatic rings. The van der Waals surface area contributed by atoms with E-state index in [1.54, 1.807) is 42.0 Å². The highest BCUT2D eigenvalue weighted by atomic mass is 32.1. The van der Waals surface area contributed by atoms with Crippen LogP contribution in [-0.2, 0) is 11.2 Å². The first kappa shape index (κ1) is 18.0. The maximum absolute atomic E-state index is 11.6. The molecule has 7 heteroatoms. The molecule has 0 saturated heterocycles. The van der Waals surface area contributed by atoms with Crippen LogP contribution in [0.4, 0.5) is 5.00 Å². The average molecular weight is 375 g/mol. The Morgan fingerprint density at radius 2 is 2.16 bits per heavy atom. The number of thiazole rings is 1. The summed E-state index contributed by atoms with van der Waals surface area (Å²) in [7, 11) is 0. The number of amides is 1. The first-order valence-corrected chi connectivity index (χ1v) is 10.1. The topological polar surface area (TPSA) is 66.9 Å². The van der Waals surface area contributed by atoms with Gasteiger partial charge < -0.3 is 10.6 Å². The van der Waals surface area contributed by atoms with Gasteiger partial charge in [-0.25, -0.2) is 4.98 Å². The van der Waals surface area contributed by atoms with E-state index in [4.69, 9.17) is 4.98 Å². The minimum absolute atomic E-state index is 0.0479. The third kappa shape index (κ3) is 3.44. The van der Waals surface area contributed by atoms with Gasteiger partial charge in [0.15, 0.2) is 0 Å². The zero-order valence-electron chi connectivity index (χ0n) is 14.8. The number of rotatable bonds is 2. The molecule has 0 aliphatic carbocycles. The number of pyridine rings is 1. The smallest absolute Gasteiger partial charge is 0.221 e. The molecule has 5 nitrogen and oxygen atoms in total. The predicted molar refractivity (Wildman–Crippen MR) is 107 cm³/mol. The lowest BCUT2D eigenvalue weighted by Crippen LogP contribution is -2.26. The molecular formula is C18H22N4OS2. The van der Waals surface area contributed by atoms with Gasteiger partial charge in [-0.2, -0.15) is 0 Å². The molecule has 0 saturated carbocycles. The Labute approximate surface area is 155 Å². The molecule has 3 aromatic heterocycles. The molecule has 1 aliphatic heterocycles. The van der Waals surface area contributed by atoms with Gasteiger partial charge in [0.2, 0.25) is 5.91 Å². The number of thiophene rings is 1. The highest BCUT2D eigenvalue weighted by molar-refractivity contribution is 7.23. The molecule has 132 valence electrons. The fourth-order valence-electron chi connectivity index (χ4n) is 2.95. The Kier molecular flexibility index (Phi) is 5.46. The monoisotopic (exact) mass is 374 g/mol. The molecule has 4 heterocycles. The Morgan fingerprint density at radius 3 is 2.88 bits per heavy atom. The van der Waals surface area contributed by atoms with E-state index in [-0.39, 0.29) is 5.91 Å². The largest absolute Gasteiger partial charge is 0.317 e. The predicted octanol–water partition coefficient (Wildman–Crippen LogP) is 4.61. The van der Waals surface area contributed by atoms with Gasteiger partial charge in [-0.15, -0.1) is 22.7 Å². The molecule has 0 bridgehead atoms. The van der Waals surface area contributed by atoms with Crippen molar-refractivity contribution in [2.24, 2.45) is 0 Å². The van der Waals surface area contributed by atoms with Crippen LogP contribution in [0.25, 0.3) is 20.8 Å². The van der Waals surface area contributed by atoms with Gasteiger partial charge in [-0.1, -0.05) is 13.8 Å². The van der Waals surface area contributed by atoms with Gasteiger partial charge in [0.25, 0.3) is 0 Å². The lowest BCUT2D eigenvalue weighted by atomic mass is 10.0. The number of fused-ring (bicyclic) bond motifs is 2. The van der Waals surface area contributed by atoms with Crippen molar-refractivity contribution in [3.05, 3.63) is 28.9 Å². The van der Waals surface area contributed by atoms with Crippen LogP contribution in [0.1, 0.15) is 44.2 Å². The second kappa shape index (κ2) is 7.59. The molecule has 0 radical (unpaired) electrons. The van der Waals surface area contributed by atoms with Crippen molar-refractivity contribution in [1.29, 1.82) is 0 Å². The second-order valence-electron chi connectivity index (χ2n) is 5.62. The maximum Gasteiger partial charge on any atom is 0.221 e. The number of aromatic nitrogens is 2. The van der Waals surface area contributed by atoms with Gasteiger partial charge in [0.05, 0.1) is 10.9 Å². The zero-order chi connectivity index (χ0) is 18.0. The van der Waals surface area contributed by atoms with Gasteiger partial charge in [0.1, 0.15) is 15.5 Å². The fraction of sp³-hybridized carbons (Fsp3) is 0.389.